The monoisotopic (exact) mass is 383 g/mol. The van der Waals surface area contributed by atoms with Crippen molar-refractivity contribution >= 4 is 26.0 Å². The first-order valence-electron chi connectivity index (χ1n) is 6.89. The highest BCUT2D eigenvalue weighted by atomic mass is 79.9. The Bertz CT molecular complexity index is 672. The molecule has 0 radical (unpaired) electrons. The molecule has 0 amide bonds. The quantitative estimate of drug-likeness (QED) is 0.712. The summed E-state index contributed by atoms with van der Waals surface area (Å²) in [6.45, 7) is 1.09. The molecule has 0 aromatic heterocycles. The molecule has 0 bridgehead atoms. The number of ether oxygens (including phenoxy) is 1. The molecule has 0 heterocycles. The van der Waals surface area contributed by atoms with Crippen LogP contribution in [0.15, 0.2) is 59.1 Å². The van der Waals surface area contributed by atoms with Gasteiger partial charge in [0.2, 0.25) is 10.0 Å². The van der Waals surface area contributed by atoms with Gasteiger partial charge in [-0.3, -0.25) is 0 Å². The van der Waals surface area contributed by atoms with Crippen LogP contribution < -0.4 is 4.72 Å². The number of nitrogens with one attached hydrogen (secondary N) is 1. The first-order chi connectivity index (χ1) is 10.6. The van der Waals surface area contributed by atoms with E-state index in [-0.39, 0.29) is 12.3 Å². The van der Waals surface area contributed by atoms with Crippen LogP contribution >= 0.6 is 15.9 Å². The lowest BCUT2D eigenvalue weighted by atomic mass is 10.2. The second kappa shape index (κ2) is 8.43. The normalized spacial score (nSPS) is 11.5. The zero-order chi connectivity index (χ0) is 15.8. The van der Waals surface area contributed by atoms with E-state index in [1.807, 2.05) is 42.5 Å². The standard InChI is InChI=1S/C16H18BrNO3S/c17-16-8-6-15(7-9-16)13-22(19,20)18-10-11-21-12-14-4-2-1-3-5-14/h1-9,18H,10-13H2. The van der Waals surface area contributed by atoms with Gasteiger partial charge in [-0.2, -0.15) is 0 Å². The summed E-state index contributed by atoms with van der Waals surface area (Å²) in [6, 6.07) is 17.0. The van der Waals surface area contributed by atoms with Crippen LogP contribution in [0.2, 0.25) is 0 Å². The molecule has 0 unspecified atom stereocenters. The lowest BCUT2D eigenvalue weighted by Crippen LogP contribution is -2.28. The minimum atomic E-state index is -3.34. The van der Waals surface area contributed by atoms with Crippen LogP contribution in [0.1, 0.15) is 11.1 Å². The van der Waals surface area contributed by atoms with Gasteiger partial charge in [-0.25, -0.2) is 13.1 Å². The Morgan fingerprint density at radius 1 is 0.955 bits per heavy atom. The zero-order valence-corrected chi connectivity index (χ0v) is 14.4. The molecule has 22 heavy (non-hydrogen) atoms. The topological polar surface area (TPSA) is 55.4 Å². The van der Waals surface area contributed by atoms with Crippen molar-refractivity contribution in [2.75, 3.05) is 13.2 Å². The number of hydrogen-bond donors (Lipinski definition) is 1. The van der Waals surface area contributed by atoms with E-state index >= 15 is 0 Å². The van der Waals surface area contributed by atoms with Gasteiger partial charge in [0.25, 0.3) is 0 Å². The van der Waals surface area contributed by atoms with Crippen molar-refractivity contribution in [1.29, 1.82) is 0 Å². The molecular weight excluding hydrogens is 366 g/mol. The van der Waals surface area contributed by atoms with E-state index in [2.05, 4.69) is 20.7 Å². The van der Waals surface area contributed by atoms with Crippen molar-refractivity contribution in [2.24, 2.45) is 0 Å². The minimum Gasteiger partial charge on any atom is -0.375 e. The molecule has 4 nitrogen and oxygen atoms in total. The van der Waals surface area contributed by atoms with E-state index < -0.39 is 10.0 Å². The molecule has 0 aliphatic heterocycles. The average Bonchev–Trinajstić information content (AvgIpc) is 2.50. The zero-order valence-electron chi connectivity index (χ0n) is 12.0. The Balaban J connectivity index is 1.70. The lowest BCUT2D eigenvalue weighted by Gasteiger charge is -2.08. The van der Waals surface area contributed by atoms with Crippen LogP contribution in [0.25, 0.3) is 0 Å². The molecule has 6 heteroatoms. The highest BCUT2D eigenvalue weighted by molar-refractivity contribution is 9.10. The van der Waals surface area contributed by atoms with Gasteiger partial charge in [-0.1, -0.05) is 58.4 Å². The van der Waals surface area contributed by atoms with Crippen molar-refractivity contribution in [1.82, 2.24) is 4.72 Å². The van der Waals surface area contributed by atoms with Gasteiger partial charge in [-0.05, 0) is 23.3 Å². The van der Waals surface area contributed by atoms with Crippen LogP contribution in [0.3, 0.4) is 0 Å². The highest BCUT2D eigenvalue weighted by Crippen LogP contribution is 2.12. The molecule has 0 aliphatic rings. The second-order valence-electron chi connectivity index (χ2n) is 4.82. The smallest absolute Gasteiger partial charge is 0.215 e. The Morgan fingerprint density at radius 3 is 2.32 bits per heavy atom. The van der Waals surface area contributed by atoms with Crippen LogP contribution in [0, 0.1) is 0 Å². The van der Waals surface area contributed by atoms with E-state index in [9.17, 15) is 8.42 Å². The average molecular weight is 384 g/mol. The Kier molecular flexibility index (Phi) is 6.57. The number of benzene rings is 2. The maximum absolute atomic E-state index is 11.9. The van der Waals surface area contributed by atoms with Crippen molar-refractivity contribution in [2.45, 2.75) is 12.4 Å². The molecule has 2 aromatic rings. The van der Waals surface area contributed by atoms with Crippen molar-refractivity contribution in [3.05, 3.63) is 70.2 Å². The Hall–Kier alpha value is -1.21. The van der Waals surface area contributed by atoms with Gasteiger partial charge in [0.05, 0.1) is 19.0 Å². The van der Waals surface area contributed by atoms with E-state index in [0.717, 1.165) is 15.6 Å². The van der Waals surface area contributed by atoms with Gasteiger partial charge in [-0.15, -0.1) is 0 Å². The van der Waals surface area contributed by atoms with E-state index in [0.29, 0.717) is 13.2 Å². The predicted molar refractivity (Wildman–Crippen MR) is 90.9 cm³/mol. The Morgan fingerprint density at radius 2 is 1.64 bits per heavy atom. The third-order valence-corrected chi connectivity index (χ3v) is 4.84. The lowest BCUT2D eigenvalue weighted by molar-refractivity contribution is 0.126. The molecule has 1 N–H and O–H groups in total. The van der Waals surface area contributed by atoms with Crippen LogP contribution in [0.5, 0.6) is 0 Å². The van der Waals surface area contributed by atoms with Crippen LogP contribution in [0.4, 0.5) is 0 Å². The van der Waals surface area contributed by atoms with Gasteiger partial charge in [0, 0.05) is 11.0 Å². The van der Waals surface area contributed by atoms with E-state index in [1.165, 1.54) is 0 Å². The summed E-state index contributed by atoms with van der Waals surface area (Å²) in [5, 5.41) is 0. The molecule has 2 aromatic carbocycles. The molecule has 118 valence electrons. The molecule has 0 fully saturated rings. The fourth-order valence-electron chi connectivity index (χ4n) is 1.88. The minimum absolute atomic E-state index is 0.0288. The fraction of sp³-hybridized carbons (Fsp3) is 0.250. The molecule has 0 aliphatic carbocycles. The highest BCUT2D eigenvalue weighted by Gasteiger charge is 2.10. The first-order valence-corrected chi connectivity index (χ1v) is 9.33. The molecule has 0 saturated heterocycles. The maximum atomic E-state index is 11.9. The predicted octanol–water partition coefficient (Wildman–Crippen LogP) is 3.09. The number of sulfonamides is 1. The maximum Gasteiger partial charge on any atom is 0.215 e. The summed E-state index contributed by atoms with van der Waals surface area (Å²) in [7, 11) is -3.34. The van der Waals surface area contributed by atoms with Gasteiger partial charge in [0.15, 0.2) is 0 Å². The van der Waals surface area contributed by atoms with E-state index in [4.69, 9.17) is 4.74 Å². The number of hydrogen-bond acceptors (Lipinski definition) is 3. The summed E-state index contributed by atoms with van der Waals surface area (Å²) < 4.78 is 32.8. The largest absolute Gasteiger partial charge is 0.375 e. The number of rotatable bonds is 8. The van der Waals surface area contributed by atoms with Crippen LogP contribution in [-0.2, 0) is 27.1 Å². The third-order valence-electron chi connectivity index (χ3n) is 2.95. The summed E-state index contributed by atoms with van der Waals surface area (Å²) in [6.07, 6.45) is 0. The Labute approximate surface area is 139 Å². The second-order valence-corrected chi connectivity index (χ2v) is 7.54. The van der Waals surface area contributed by atoms with Crippen molar-refractivity contribution < 1.29 is 13.2 Å². The van der Waals surface area contributed by atoms with Crippen molar-refractivity contribution in [3.8, 4) is 0 Å². The molecule has 0 saturated carbocycles. The van der Waals surface area contributed by atoms with Gasteiger partial charge >= 0.3 is 0 Å². The summed E-state index contributed by atoms with van der Waals surface area (Å²) in [5.41, 5.74) is 1.82. The molecular formula is C16H18BrNO3S. The molecule has 2 rings (SSSR count). The van der Waals surface area contributed by atoms with Crippen LogP contribution in [-0.4, -0.2) is 21.6 Å². The summed E-state index contributed by atoms with van der Waals surface area (Å²) in [4.78, 5) is 0. The summed E-state index contributed by atoms with van der Waals surface area (Å²) >= 11 is 3.32. The molecule has 0 spiro atoms. The SMILES string of the molecule is O=S(=O)(Cc1ccc(Br)cc1)NCCOCc1ccccc1. The van der Waals surface area contributed by atoms with Gasteiger partial charge in [0.1, 0.15) is 0 Å². The van der Waals surface area contributed by atoms with E-state index in [1.54, 1.807) is 12.1 Å². The third kappa shape index (κ3) is 6.27. The fourth-order valence-corrected chi connectivity index (χ4v) is 3.28. The molecule has 0 atom stereocenters. The van der Waals surface area contributed by atoms with Gasteiger partial charge < -0.3 is 4.74 Å². The number of halogens is 1. The van der Waals surface area contributed by atoms with Crippen molar-refractivity contribution in [3.63, 3.8) is 0 Å². The summed E-state index contributed by atoms with van der Waals surface area (Å²) in [5.74, 6) is -0.0288. The first kappa shape index (κ1) is 17.1.